The minimum absolute atomic E-state index is 0.0694. The number of rotatable bonds is 8. The summed E-state index contributed by atoms with van der Waals surface area (Å²) in [5, 5.41) is 3.68. The molecule has 0 atom stereocenters. The maximum absolute atomic E-state index is 13.6. The molecule has 0 bridgehead atoms. The minimum atomic E-state index is -4.46. The zero-order valence-corrected chi connectivity index (χ0v) is 19.2. The van der Waals surface area contributed by atoms with Crippen LogP contribution in [-0.4, -0.2) is 35.7 Å². The molecular formula is C23H23F3N4O2S. The van der Waals surface area contributed by atoms with Crippen LogP contribution in [0.2, 0.25) is 0 Å². The number of anilines is 1. The molecule has 10 heteroatoms. The Morgan fingerprint density at radius 3 is 2.52 bits per heavy atom. The summed E-state index contributed by atoms with van der Waals surface area (Å²) in [4.78, 5) is 13.5. The predicted molar refractivity (Wildman–Crippen MR) is 123 cm³/mol. The number of hydrogen-bond donors (Lipinski definition) is 1. The third-order valence-electron chi connectivity index (χ3n) is 5.27. The summed E-state index contributed by atoms with van der Waals surface area (Å²) >= 11 is 1.30. The van der Waals surface area contributed by atoms with Gasteiger partial charge >= 0.3 is 6.18 Å². The molecule has 6 nitrogen and oxygen atoms in total. The number of nitrogens with zero attached hydrogens (tertiary/aromatic N) is 3. The number of nitrogens with one attached hydrogen (secondary N) is 1. The first-order valence-corrected chi connectivity index (χ1v) is 11.3. The van der Waals surface area contributed by atoms with Gasteiger partial charge in [-0.3, -0.25) is 0 Å². The van der Waals surface area contributed by atoms with Crippen molar-refractivity contribution in [3.8, 4) is 11.5 Å². The Bertz CT molecular complexity index is 1290. The summed E-state index contributed by atoms with van der Waals surface area (Å²) in [5.74, 6) is 1.89. The highest BCUT2D eigenvalue weighted by atomic mass is 32.1. The highest BCUT2D eigenvalue weighted by Crippen LogP contribution is 2.40. The van der Waals surface area contributed by atoms with Crippen LogP contribution in [0, 0.1) is 0 Å². The Labute approximate surface area is 192 Å². The van der Waals surface area contributed by atoms with E-state index in [1.54, 1.807) is 14.2 Å². The summed E-state index contributed by atoms with van der Waals surface area (Å²) in [6.07, 6.45) is -1.57. The van der Waals surface area contributed by atoms with Crippen LogP contribution in [0.25, 0.3) is 20.4 Å². The van der Waals surface area contributed by atoms with E-state index in [9.17, 15) is 13.2 Å². The van der Waals surface area contributed by atoms with Gasteiger partial charge in [-0.15, -0.1) is 11.3 Å². The molecule has 174 valence electrons. The number of alkyl halides is 3. The van der Waals surface area contributed by atoms with E-state index in [0.717, 1.165) is 5.56 Å². The third-order valence-corrected chi connectivity index (χ3v) is 6.37. The summed E-state index contributed by atoms with van der Waals surface area (Å²) in [5.41, 5.74) is 0.889. The molecule has 0 saturated heterocycles. The van der Waals surface area contributed by atoms with Crippen LogP contribution in [0.1, 0.15) is 30.2 Å². The van der Waals surface area contributed by atoms with Crippen LogP contribution in [0.5, 0.6) is 11.5 Å². The van der Waals surface area contributed by atoms with E-state index in [2.05, 4.69) is 20.3 Å². The second-order valence-electron chi connectivity index (χ2n) is 7.45. The van der Waals surface area contributed by atoms with Gasteiger partial charge in [0.2, 0.25) is 0 Å². The molecule has 1 N–H and O–H groups in total. The minimum Gasteiger partial charge on any atom is -0.493 e. The first-order chi connectivity index (χ1) is 15.9. The molecular weight excluding hydrogens is 453 g/mol. The zero-order chi connectivity index (χ0) is 23.6. The van der Waals surface area contributed by atoms with Crippen molar-refractivity contribution in [3.63, 3.8) is 0 Å². The molecule has 33 heavy (non-hydrogen) atoms. The third kappa shape index (κ3) is 4.66. The number of hydrogen-bond acceptors (Lipinski definition) is 7. The molecule has 0 aliphatic carbocycles. The molecule has 0 radical (unpaired) electrons. The van der Waals surface area contributed by atoms with Gasteiger partial charge in [0.1, 0.15) is 17.0 Å². The number of aromatic nitrogens is 3. The largest absolute Gasteiger partial charge is 0.493 e. The normalized spacial score (nSPS) is 11.8. The summed E-state index contributed by atoms with van der Waals surface area (Å²) in [6.45, 7) is 2.40. The lowest BCUT2D eigenvalue weighted by Crippen LogP contribution is -2.10. The van der Waals surface area contributed by atoms with E-state index >= 15 is 0 Å². The van der Waals surface area contributed by atoms with Crippen molar-refractivity contribution in [2.24, 2.45) is 0 Å². The molecule has 1 aromatic carbocycles. The highest BCUT2D eigenvalue weighted by Gasteiger charge is 2.35. The van der Waals surface area contributed by atoms with Crippen molar-refractivity contribution in [2.75, 3.05) is 26.1 Å². The SMILES string of the molecule is CCCc1nc2sc3c(NCCc4ccc(OC)c(OC)c4)ncnc3c2cc1C(F)(F)F. The number of thiophene rings is 1. The number of fused-ring (bicyclic) bond motifs is 3. The standard InChI is InChI=1S/C23H23F3N4O2S/c1-4-5-16-15(23(24,25)26)11-14-19-20(33-22(14)30-16)21(29-12-28-19)27-9-8-13-6-7-17(31-2)18(10-13)32-3/h6-7,10-12H,4-5,8-9H2,1-3H3,(H,27,28,29). The van der Waals surface area contributed by atoms with Gasteiger partial charge in [-0.2, -0.15) is 13.2 Å². The van der Waals surface area contributed by atoms with Crippen LogP contribution >= 0.6 is 11.3 Å². The van der Waals surface area contributed by atoms with E-state index in [-0.39, 0.29) is 12.1 Å². The van der Waals surface area contributed by atoms with Crippen molar-refractivity contribution in [2.45, 2.75) is 32.4 Å². The Morgan fingerprint density at radius 2 is 1.82 bits per heavy atom. The van der Waals surface area contributed by atoms with Gasteiger partial charge in [0.15, 0.2) is 11.5 Å². The number of benzene rings is 1. The molecule has 0 amide bonds. The Balaban J connectivity index is 1.63. The van der Waals surface area contributed by atoms with Crippen molar-refractivity contribution < 1.29 is 22.6 Å². The lowest BCUT2D eigenvalue weighted by molar-refractivity contribution is -0.138. The maximum atomic E-state index is 13.6. The second-order valence-corrected chi connectivity index (χ2v) is 8.45. The highest BCUT2D eigenvalue weighted by molar-refractivity contribution is 7.25. The summed E-state index contributed by atoms with van der Waals surface area (Å²) in [6, 6.07) is 6.89. The average Bonchev–Trinajstić information content (AvgIpc) is 3.16. The van der Waals surface area contributed by atoms with E-state index in [1.165, 1.54) is 23.7 Å². The van der Waals surface area contributed by atoms with Gasteiger partial charge in [-0.1, -0.05) is 19.4 Å². The molecule has 0 saturated carbocycles. The quantitative estimate of drug-likeness (QED) is 0.342. The fourth-order valence-corrected chi connectivity index (χ4v) is 4.79. The van der Waals surface area contributed by atoms with Crippen LogP contribution in [0.15, 0.2) is 30.6 Å². The van der Waals surface area contributed by atoms with E-state index < -0.39 is 11.7 Å². The van der Waals surface area contributed by atoms with Crippen molar-refractivity contribution in [1.29, 1.82) is 0 Å². The fourth-order valence-electron chi connectivity index (χ4n) is 3.70. The Kier molecular flexibility index (Phi) is 6.55. The van der Waals surface area contributed by atoms with Gasteiger partial charge < -0.3 is 14.8 Å². The number of methoxy groups -OCH3 is 2. The molecule has 0 fully saturated rings. The predicted octanol–water partition coefficient (Wildman–Crippen LogP) is 5.88. The average molecular weight is 477 g/mol. The topological polar surface area (TPSA) is 69.2 Å². The Morgan fingerprint density at radius 1 is 1.03 bits per heavy atom. The number of halogens is 3. The van der Waals surface area contributed by atoms with Gasteiger partial charge in [0, 0.05) is 11.9 Å². The molecule has 3 aromatic heterocycles. The number of ether oxygens (including phenoxy) is 2. The Hall–Kier alpha value is -3.14. The molecule has 0 aliphatic rings. The molecule has 3 heterocycles. The molecule has 4 rings (SSSR count). The number of aryl methyl sites for hydroxylation is 1. The first kappa shape index (κ1) is 23.0. The van der Waals surface area contributed by atoms with E-state index in [0.29, 0.717) is 57.1 Å². The van der Waals surface area contributed by atoms with Gasteiger partial charge in [-0.25, -0.2) is 15.0 Å². The van der Waals surface area contributed by atoms with Gasteiger partial charge in [-0.05, 0) is 36.6 Å². The fraction of sp³-hybridized carbons (Fsp3) is 0.348. The lowest BCUT2D eigenvalue weighted by Gasteiger charge is -2.11. The van der Waals surface area contributed by atoms with Crippen LogP contribution in [0.4, 0.5) is 19.0 Å². The van der Waals surface area contributed by atoms with Crippen LogP contribution in [-0.2, 0) is 19.0 Å². The van der Waals surface area contributed by atoms with E-state index in [4.69, 9.17) is 9.47 Å². The summed E-state index contributed by atoms with van der Waals surface area (Å²) in [7, 11) is 3.17. The zero-order valence-electron chi connectivity index (χ0n) is 18.4. The molecule has 4 aromatic rings. The second kappa shape index (κ2) is 9.38. The van der Waals surface area contributed by atoms with Crippen molar-refractivity contribution >= 4 is 37.6 Å². The van der Waals surface area contributed by atoms with E-state index in [1.807, 2.05) is 25.1 Å². The maximum Gasteiger partial charge on any atom is 0.418 e. The lowest BCUT2D eigenvalue weighted by atomic mass is 10.1. The molecule has 0 spiro atoms. The van der Waals surface area contributed by atoms with Crippen molar-refractivity contribution in [3.05, 3.63) is 47.4 Å². The van der Waals surface area contributed by atoms with Crippen molar-refractivity contribution in [1.82, 2.24) is 15.0 Å². The van der Waals surface area contributed by atoms with Crippen LogP contribution < -0.4 is 14.8 Å². The monoisotopic (exact) mass is 476 g/mol. The number of pyridine rings is 1. The van der Waals surface area contributed by atoms with Crippen LogP contribution in [0.3, 0.4) is 0 Å². The molecule has 0 unspecified atom stereocenters. The molecule has 0 aliphatic heterocycles. The van der Waals surface area contributed by atoms with Gasteiger partial charge in [0.05, 0.1) is 35.7 Å². The van der Waals surface area contributed by atoms with Gasteiger partial charge in [0.25, 0.3) is 0 Å². The smallest absolute Gasteiger partial charge is 0.418 e. The summed E-state index contributed by atoms with van der Waals surface area (Å²) < 4.78 is 52.1. The first-order valence-electron chi connectivity index (χ1n) is 10.4.